The molecule has 0 saturated heterocycles. The molecule has 0 saturated carbocycles. The fourth-order valence-corrected chi connectivity index (χ4v) is 5.43. The number of rotatable bonds is 6. The monoisotopic (exact) mass is 496 g/mol. The Hall–Kier alpha value is -3.44. The van der Waals surface area contributed by atoms with Crippen molar-refractivity contribution in [2.75, 3.05) is 19.5 Å². The van der Waals surface area contributed by atoms with E-state index >= 15 is 0 Å². The summed E-state index contributed by atoms with van der Waals surface area (Å²) in [6.07, 6.45) is 4.15. The Balaban J connectivity index is 1.48. The average molecular weight is 497 g/mol. The van der Waals surface area contributed by atoms with Crippen molar-refractivity contribution in [1.82, 2.24) is 24.7 Å². The lowest BCUT2D eigenvalue weighted by atomic mass is 10.1. The quantitative estimate of drug-likeness (QED) is 0.418. The highest BCUT2D eigenvalue weighted by Crippen LogP contribution is 2.36. The second kappa shape index (κ2) is 9.67. The lowest BCUT2D eigenvalue weighted by Crippen LogP contribution is -2.13. The standard InChI is InChI=1S/C24H25FN6O3S/c1-13-19-23(34-3)27-17(12-33-2)28-24(19)35-20(13)22(32)26-16-11-14(8-9-15(16)25)21-30-29-18-7-5-4-6-10-31(18)21/h8-9,11H,4-7,10,12H2,1-3H3,(H,26,32). The number of methoxy groups -OCH3 is 2. The smallest absolute Gasteiger partial charge is 0.266 e. The molecule has 0 unspecified atom stereocenters. The normalized spacial score (nSPS) is 13.5. The van der Waals surface area contributed by atoms with E-state index in [-0.39, 0.29) is 12.3 Å². The van der Waals surface area contributed by atoms with Gasteiger partial charge in [-0.05, 0) is 43.5 Å². The van der Waals surface area contributed by atoms with Gasteiger partial charge < -0.3 is 19.4 Å². The minimum atomic E-state index is -0.531. The Bertz CT molecular complexity index is 1420. The van der Waals surface area contributed by atoms with Crippen LogP contribution in [0.25, 0.3) is 21.6 Å². The van der Waals surface area contributed by atoms with Crippen LogP contribution in [0.2, 0.25) is 0 Å². The maximum atomic E-state index is 14.7. The Morgan fingerprint density at radius 2 is 2.06 bits per heavy atom. The number of halogens is 1. The van der Waals surface area contributed by atoms with Crippen LogP contribution < -0.4 is 10.1 Å². The van der Waals surface area contributed by atoms with Gasteiger partial charge in [-0.2, -0.15) is 4.98 Å². The summed E-state index contributed by atoms with van der Waals surface area (Å²) in [6.45, 7) is 2.84. The lowest BCUT2D eigenvalue weighted by molar-refractivity contribution is 0.102. The van der Waals surface area contributed by atoms with Crippen LogP contribution in [0.5, 0.6) is 5.88 Å². The molecule has 3 aromatic heterocycles. The van der Waals surface area contributed by atoms with Crippen molar-refractivity contribution in [3.8, 4) is 17.3 Å². The largest absolute Gasteiger partial charge is 0.480 e. The van der Waals surface area contributed by atoms with Crippen molar-refractivity contribution in [3.05, 3.63) is 46.1 Å². The molecular formula is C24H25FN6O3S. The lowest BCUT2D eigenvalue weighted by Gasteiger charge is -2.10. The van der Waals surface area contributed by atoms with E-state index in [4.69, 9.17) is 9.47 Å². The Morgan fingerprint density at radius 3 is 2.86 bits per heavy atom. The molecule has 5 rings (SSSR count). The molecule has 0 bridgehead atoms. The van der Waals surface area contributed by atoms with Crippen LogP contribution in [0.15, 0.2) is 18.2 Å². The fourth-order valence-electron chi connectivity index (χ4n) is 4.34. The van der Waals surface area contributed by atoms with Crippen molar-refractivity contribution in [2.24, 2.45) is 0 Å². The Morgan fingerprint density at radius 1 is 1.20 bits per heavy atom. The van der Waals surface area contributed by atoms with E-state index in [1.807, 2.05) is 0 Å². The van der Waals surface area contributed by atoms with Crippen LogP contribution in [0.4, 0.5) is 10.1 Å². The third-order valence-corrected chi connectivity index (χ3v) is 7.24. The van der Waals surface area contributed by atoms with Gasteiger partial charge in [0, 0.05) is 25.6 Å². The molecule has 4 heterocycles. The molecule has 11 heteroatoms. The van der Waals surface area contributed by atoms with Crippen LogP contribution in [0.1, 0.15) is 46.1 Å². The number of thiophene rings is 1. The van der Waals surface area contributed by atoms with Crippen LogP contribution in [-0.4, -0.2) is 44.9 Å². The Kier molecular flexibility index (Phi) is 6.44. The molecule has 9 nitrogen and oxygen atoms in total. The average Bonchev–Trinajstić information content (AvgIpc) is 3.32. The van der Waals surface area contributed by atoms with Gasteiger partial charge in [0.15, 0.2) is 11.6 Å². The van der Waals surface area contributed by atoms with E-state index in [1.165, 1.54) is 24.5 Å². The highest BCUT2D eigenvalue weighted by Gasteiger charge is 2.23. The molecule has 0 fully saturated rings. The number of ether oxygens (including phenoxy) is 2. The van der Waals surface area contributed by atoms with Gasteiger partial charge >= 0.3 is 0 Å². The molecule has 1 aromatic carbocycles. The van der Waals surface area contributed by atoms with Crippen LogP contribution in [0, 0.1) is 12.7 Å². The molecule has 1 aliphatic heterocycles. The fraction of sp³-hybridized carbons (Fsp3) is 0.375. The van der Waals surface area contributed by atoms with E-state index in [9.17, 15) is 9.18 Å². The molecular weight excluding hydrogens is 471 g/mol. The number of fused-ring (bicyclic) bond motifs is 2. The zero-order chi connectivity index (χ0) is 24.5. The highest BCUT2D eigenvalue weighted by molar-refractivity contribution is 7.20. The van der Waals surface area contributed by atoms with Gasteiger partial charge in [0.1, 0.15) is 23.1 Å². The van der Waals surface area contributed by atoms with Gasteiger partial charge in [0.2, 0.25) is 5.88 Å². The third kappa shape index (κ3) is 4.37. The van der Waals surface area contributed by atoms with Crippen LogP contribution in [0.3, 0.4) is 0 Å². The number of benzene rings is 1. The summed E-state index contributed by atoms with van der Waals surface area (Å²) in [5.41, 5.74) is 1.45. The Labute approximate surface area is 205 Å². The minimum Gasteiger partial charge on any atom is -0.480 e. The molecule has 1 aliphatic rings. The molecule has 0 radical (unpaired) electrons. The molecule has 0 spiro atoms. The SMILES string of the molecule is COCc1nc(OC)c2c(C)c(C(=O)Nc3cc(-c4nnc5n4CCCCC5)ccc3F)sc2n1. The topological polar surface area (TPSA) is 104 Å². The van der Waals surface area contributed by atoms with E-state index in [0.717, 1.165) is 38.1 Å². The number of amides is 1. The molecule has 35 heavy (non-hydrogen) atoms. The number of aryl methyl sites for hydroxylation is 2. The molecule has 182 valence electrons. The predicted octanol–water partition coefficient (Wildman–Crippen LogP) is 4.53. The zero-order valence-electron chi connectivity index (χ0n) is 19.7. The molecule has 0 aliphatic carbocycles. The predicted molar refractivity (Wildman–Crippen MR) is 130 cm³/mol. The number of nitrogens with one attached hydrogen (secondary N) is 1. The van der Waals surface area contributed by atoms with Gasteiger partial charge in [-0.3, -0.25) is 4.79 Å². The van der Waals surface area contributed by atoms with Gasteiger partial charge in [0.25, 0.3) is 5.91 Å². The summed E-state index contributed by atoms with van der Waals surface area (Å²) in [4.78, 5) is 23.1. The van der Waals surface area contributed by atoms with Crippen LogP contribution in [-0.2, 0) is 24.3 Å². The summed E-state index contributed by atoms with van der Waals surface area (Å²) in [5, 5.41) is 12.1. The van der Waals surface area contributed by atoms with E-state index in [1.54, 1.807) is 26.2 Å². The van der Waals surface area contributed by atoms with Gasteiger partial charge in [0.05, 0.1) is 23.1 Å². The second-order valence-corrected chi connectivity index (χ2v) is 9.37. The van der Waals surface area contributed by atoms with Crippen molar-refractivity contribution in [3.63, 3.8) is 0 Å². The number of carbonyl (C=O) groups excluding carboxylic acids is 1. The van der Waals surface area contributed by atoms with E-state index in [0.29, 0.717) is 43.7 Å². The third-order valence-electron chi connectivity index (χ3n) is 6.06. The number of hydrogen-bond acceptors (Lipinski definition) is 8. The summed E-state index contributed by atoms with van der Waals surface area (Å²) in [7, 11) is 3.07. The first kappa shape index (κ1) is 23.3. The highest BCUT2D eigenvalue weighted by atomic mass is 32.1. The first-order valence-electron chi connectivity index (χ1n) is 11.4. The minimum absolute atomic E-state index is 0.0773. The van der Waals surface area contributed by atoms with Crippen molar-refractivity contribution >= 4 is 33.1 Å². The molecule has 0 atom stereocenters. The van der Waals surface area contributed by atoms with Crippen molar-refractivity contribution in [2.45, 2.75) is 45.8 Å². The summed E-state index contributed by atoms with van der Waals surface area (Å²) in [6, 6.07) is 4.61. The van der Waals surface area contributed by atoms with E-state index in [2.05, 4.69) is 30.0 Å². The summed E-state index contributed by atoms with van der Waals surface area (Å²) in [5.74, 6) is 1.48. The summed E-state index contributed by atoms with van der Waals surface area (Å²) >= 11 is 1.20. The number of carbonyl (C=O) groups is 1. The number of nitrogens with zero attached hydrogens (tertiary/aromatic N) is 5. The number of aromatic nitrogens is 5. The van der Waals surface area contributed by atoms with E-state index < -0.39 is 11.7 Å². The van der Waals surface area contributed by atoms with Gasteiger partial charge in [-0.25, -0.2) is 9.37 Å². The van der Waals surface area contributed by atoms with Crippen molar-refractivity contribution < 1.29 is 18.7 Å². The zero-order valence-corrected chi connectivity index (χ0v) is 20.5. The second-order valence-electron chi connectivity index (χ2n) is 8.37. The first-order valence-corrected chi connectivity index (χ1v) is 12.2. The maximum absolute atomic E-state index is 14.7. The van der Waals surface area contributed by atoms with Gasteiger partial charge in [-0.15, -0.1) is 21.5 Å². The number of hydrogen-bond donors (Lipinski definition) is 1. The summed E-state index contributed by atoms with van der Waals surface area (Å²) < 4.78 is 27.4. The van der Waals surface area contributed by atoms with Crippen molar-refractivity contribution in [1.29, 1.82) is 0 Å². The van der Waals surface area contributed by atoms with Crippen LogP contribution >= 0.6 is 11.3 Å². The number of anilines is 1. The van der Waals surface area contributed by atoms with Gasteiger partial charge in [-0.1, -0.05) is 6.42 Å². The molecule has 4 aromatic rings. The maximum Gasteiger partial charge on any atom is 0.266 e. The first-order chi connectivity index (χ1) is 17.0. The molecule has 1 N–H and O–H groups in total. The molecule has 1 amide bonds.